The zero-order chi connectivity index (χ0) is 21.9. The Hall–Kier alpha value is -2.74. The zero-order valence-corrected chi connectivity index (χ0v) is 18.9. The van der Waals surface area contributed by atoms with Crippen molar-refractivity contribution in [3.63, 3.8) is 0 Å². The van der Waals surface area contributed by atoms with Gasteiger partial charge in [0.25, 0.3) is 0 Å². The number of hydrogen-bond acceptors (Lipinski definition) is 7. The van der Waals surface area contributed by atoms with Crippen LogP contribution in [0.4, 0.5) is 5.69 Å². The molecule has 1 saturated heterocycles. The first-order valence-corrected chi connectivity index (χ1v) is 11.3. The van der Waals surface area contributed by atoms with Gasteiger partial charge in [0, 0.05) is 61.6 Å². The van der Waals surface area contributed by atoms with Crippen LogP contribution < -0.4 is 14.4 Å². The van der Waals surface area contributed by atoms with Crippen LogP contribution in [-0.2, 0) is 6.54 Å². The standard InChI is InChI=1S/C24H27ClN4O3/c1-27(7-8-28-9-11-29(12-10-28)20-4-2-3-19(25)14-20)16-21-15-22(26-32-21)18-5-6-23-24(13-18)31-17-30-23/h2-6,13-15H,7-12,16-17H2,1H3. The molecule has 0 atom stereocenters. The third kappa shape index (κ3) is 4.85. The summed E-state index contributed by atoms with van der Waals surface area (Å²) in [4.78, 5) is 7.18. The molecule has 0 amide bonds. The summed E-state index contributed by atoms with van der Waals surface area (Å²) in [7, 11) is 2.12. The van der Waals surface area contributed by atoms with E-state index in [4.69, 9.17) is 25.6 Å². The van der Waals surface area contributed by atoms with Crippen molar-refractivity contribution >= 4 is 17.3 Å². The van der Waals surface area contributed by atoms with Gasteiger partial charge in [-0.15, -0.1) is 0 Å². The van der Waals surface area contributed by atoms with Gasteiger partial charge in [-0.25, -0.2) is 0 Å². The molecule has 2 aliphatic heterocycles. The van der Waals surface area contributed by atoms with E-state index in [1.54, 1.807) is 0 Å². The Balaban J connectivity index is 1.09. The van der Waals surface area contributed by atoms with Crippen LogP contribution in [0.5, 0.6) is 11.5 Å². The summed E-state index contributed by atoms with van der Waals surface area (Å²) >= 11 is 6.14. The molecule has 0 aliphatic carbocycles. The average molecular weight is 455 g/mol. The van der Waals surface area contributed by atoms with E-state index in [1.807, 2.05) is 42.5 Å². The highest BCUT2D eigenvalue weighted by atomic mass is 35.5. The van der Waals surface area contributed by atoms with Crippen LogP contribution in [0.25, 0.3) is 11.3 Å². The number of halogens is 1. The lowest BCUT2D eigenvalue weighted by atomic mass is 10.1. The van der Waals surface area contributed by atoms with Gasteiger partial charge in [-0.05, 0) is 43.4 Å². The van der Waals surface area contributed by atoms with Gasteiger partial charge in [0.1, 0.15) is 5.69 Å². The van der Waals surface area contributed by atoms with Gasteiger partial charge in [-0.1, -0.05) is 22.8 Å². The van der Waals surface area contributed by atoms with E-state index in [2.05, 4.69) is 33.0 Å². The number of benzene rings is 2. The van der Waals surface area contributed by atoms with Crippen molar-refractivity contribution in [1.82, 2.24) is 15.0 Å². The van der Waals surface area contributed by atoms with E-state index in [0.29, 0.717) is 0 Å². The van der Waals surface area contributed by atoms with Gasteiger partial charge in [0.2, 0.25) is 6.79 Å². The number of aromatic nitrogens is 1. The molecule has 7 nitrogen and oxygen atoms in total. The van der Waals surface area contributed by atoms with Crippen molar-refractivity contribution in [1.29, 1.82) is 0 Å². The molecule has 1 aromatic heterocycles. The highest BCUT2D eigenvalue weighted by molar-refractivity contribution is 6.30. The van der Waals surface area contributed by atoms with Crippen LogP contribution in [0.2, 0.25) is 5.02 Å². The van der Waals surface area contributed by atoms with Crippen molar-refractivity contribution in [2.75, 3.05) is 58.0 Å². The lowest BCUT2D eigenvalue weighted by Crippen LogP contribution is -2.48. The fourth-order valence-corrected chi connectivity index (χ4v) is 4.32. The molecule has 0 unspecified atom stereocenters. The SMILES string of the molecule is CN(CCN1CCN(c2cccc(Cl)c2)CC1)Cc1cc(-c2ccc3c(c2)OCO3)no1. The first-order chi connectivity index (χ1) is 15.6. The maximum Gasteiger partial charge on any atom is 0.231 e. The second-order valence-electron chi connectivity index (χ2n) is 8.29. The maximum absolute atomic E-state index is 6.14. The number of rotatable bonds is 7. The summed E-state index contributed by atoms with van der Waals surface area (Å²) in [5.74, 6) is 2.37. The number of anilines is 1. The molecule has 2 aliphatic rings. The van der Waals surface area contributed by atoms with Gasteiger partial charge in [0.15, 0.2) is 17.3 Å². The van der Waals surface area contributed by atoms with Crippen LogP contribution in [0.15, 0.2) is 53.1 Å². The van der Waals surface area contributed by atoms with Crippen molar-refractivity contribution in [3.05, 3.63) is 59.3 Å². The van der Waals surface area contributed by atoms with Gasteiger partial charge >= 0.3 is 0 Å². The Morgan fingerprint density at radius 1 is 1.00 bits per heavy atom. The summed E-state index contributed by atoms with van der Waals surface area (Å²) < 4.78 is 16.4. The topological polar surface area (TPSA) is 54.2 Å². The smallest absolute Gasteiger partial charge is 0.231 e. The normalized spacial score (nSPS) is 16.2. The number of nitrogens with zero attached hydrogens (tertiary/aromatic N) is 4. The lowest BCUT2D eigenvalue weighted by molar-refractivity contribution is 0.174. The number of piperazine rings is 1. The largest absolute Gasteiger partial charge is 0.454 e. The third-order valence-corrected chi connectivity index (χ3v) is 6.23. The summed E-state index contributed by atoms with van der Waals surface area (Å²) in [6.45, 7) is 7.13. The molecular weight excluding hydrogens is 428 g/mol. The molecule has 0 bridgehead atoms. The zero-order valence-electron chi connectivity index (χ0n) is 18.2. The minimum absolute atomic E-state index is 0.267. The molecule has 0 saturated carbocycles. The number of likely N-dealkylation sites (N-methyl/N-ethyl adjacent to an activating group) is 1. The molecule has 3 heterocycles. The Bertz CT molecular complexity index is 1060. The van der Waals surface area contributed by atoms with Gasteiger partial charge < -0.3 is 18.9 Å². The summed E-state index contributed by atoms with van der Waals surface area (Å²) in [6.07, 6.45) is 0. The van der Waals surface area contributed by atoms with Gasteiger partial charge in [0.05, 0.1) is 6.54 Å². The quantitative estimate of drug-likeness (QED) is 0.535. The van der Waals surface area contributed by atoms with Crippen molar-refractivity contribution in [2.45, 2.75) is 6.54 Å². The molecule has 32 heavy (non-hydrogen) atoms. The van der Waals surface area contributed by atoms with Gasteiger partial charge in [-0.2, -0.15) is 0 Å². The molecule has 0 radical (unpaired) electrons. The average Bonchev–Trinajstić information content (AvgIpc) is 3.47. The van der Waals surface area contributed by atoms with E-state index in [-0.39, 0.29) is 6.79 Å². The van der Waals surface area contributed by atoms with Crippen molar-refractivity contribution in [3.8, 4) is 22.8 Å². The number of hydrogen-bond donors (Lipinski definition) is 0. The van der Waals surface area contributed by atoms with Gasteiger partial charge in [-0.3, -0.25) is 9.80 Å². The van der Waals surface area contributed by atoms with E-state index >= 15 is 0 Å². The lowest BCUT2D eigenvalue weighted by Gasteiger charge is -2.36. The number of fused-ring (bicyclic) bond motifs is 1. The van der Waals surface area contributed by atoms with E-state index < -0.39 is 0 Å². The van der Waals surface area contributed by atoms with E-state index in [9.17, 15) is 0 Å². The van der Waals surface area contributed by atoms with Crippen molar-refractivity contribution in [2.24, 2.45) is 0 Å². The van der Waals surface area contributed by atoms with Crippen LogP contribution in [-0.4, -0.2) is 68.1 Å². The Kier molecular flexibility index (Phi) is 6.21. The summed E-state index contributed by atoms with van der Waals surface area (Å²) in [5, 5.41) is 5.03. The first kappa shape index (κ1) is 21.1. The molecule has 1 fully saturated rings. The predicted molar refractivity (Wildman–Crippen MR) is 125 cm³/mol. The Labute approximate surface area is 193 Å². The third-order valence-electron chi connectivity index (χ3n) is 6.00. The molecule has 2 aromatic carbocycles. The minimum Gasteiger partial charge on any atom is -0.454 e. The molecular formula is C24H27ClN4O3. The fourth-order valence-electron chi connectivity index (χ4n) is 4.14. The highest BCUT2D eigenvalue weighted by Gasteiger charge is 2.19. The monoisotopic (exact) mass is 454 g/mol. The first-order valence-electron chi connectivity index (χ1n) is 10.9. The van der Waals surface area contributed by atoms with Crippen molar-refractivity contribution < 1.29 is 14.0 Å². The molecule has 5 rings (SSSR count). The van der Waals surface area contributed by atoms with Crippen LogP contribution in [0, 0.1) is 0 Å². The van der Waals surface area contributed by atoms with Crippen LogP contribution >= 0.6 is 11.6 Å². The second kappa shape index (κ2) is 9.40. The van der Waals surface area contributed by atoms with E-state index in [1.165, 1.54) is 5.69 Å². The van der Waals surface area contributed by atoms with Crippen LogP contribution in [0.1, 0.15) is 5.76 Å². The molecule has 0 spiro atoms. The minimum atomic E-state index is 0.267. The Morgan fingerprint density at radius 2 is 1.84 bits per heavy atom. The number of ether oxygens (including phenoxy) is 2. The molecule has 0 N–H and O–H groups in total. The van der Waals surface area contributed by atoms with E-state index in [0.717, 1.165) is 79.4 Å². The fraction of sp³-hybridized carbons (Fsp3) is 0.375. The van der Waals surface area contributed by atoms with Crippen LogP contribution in [0.3, 0.4) is 0 Å². The molecule has 168 valence electrons. The highest BCUT2D eigenvalue weighted by Crippen LogP contribution is 2.35. The molecule has 8 heteroatoms. The summed E-state index contributed by atoms with van der Waals surface area (Å²) in [5.41, 5.74) is 2.98. The maximum atomic E-state index is 6.14. The second-order valence-corrected chi connectivity index (χ2v) is 8.73. The Morgan fingerprint density at radius 3 is 2.69 bits per heavy atom. The molecule has 3 aromatic rings. The predicted octanol–water partition coefficient (Wildman–Crippen LogP) is 3.98. The summed E-state index contributed by atoms with van der Waals surface area (Å²) in [6, 6.07) is 15.9.